The van der Waals surface area contributed by atoms with Gasteiger partial charge in [-0.2, -0.15) is 0 Å². The maximum absolute atomic E-state index is 2.59. The van der Waals surface area contributed by atoms with Crippen molar-refractivity contribution < 1.29 is 0 Å². The van der Waals surface area contributed by atoms with Crippen LogP contribution in [0, 0.1) is 0 Å². The number of hydrogen-bond donors (Lipinski definition) is 0. The molecule has 0 bridgehead atoms. The SMILES string of the molecule is C1=CC(N2c3cc(-c4ccccc4)ccc3B3c4c2cc(-n2c5ccccc5c5ccccc52)cc4N(c2ccccc2)c2ccc4c(c23)c2ccccc2n4-c2ccccc2)=CCC1. The molecule has 4 nitrogen and oxygen atoms in total. The first-order valence-electron chi connectivity index (χ1n) is 22.8. The summed E-state index contributed by atoms with van der Waals surface area (Å²) in [7, 11) is 0. The minimum absolute atomic E-state index is 0.0786. The molecule has 0 saturated carbocycles. The van der Waals surface area contributed by atoms with E-state index in [1.165, 1.54) is 99.6 Å². The summed E-state index contributed by atoms with van der Waals surface area (Å²) in [4.78, 5) is 5.15. The Morgan fingerprint density at radius 2 is 0.954 bits per heavy atom. The number of rotatable bonds is 5. The van der Waals surface area contributed by atoms with Gasteiger partial charge >= 0.3 is 0 Å². The van der Waals surface area contributed by atoms with E-state index in [1.807, 2.05) is 0 Å². The van der Waals surface area contributed by atoms with Crippen LogP contribution >= 0.6 is 0 Å². The molecule has 5 heteroatoms. The standard InChI is InChI=1S/C60H41BN4/c1-5-19-40(20-6-1)41-33-34-49-55(37-41)64(44-25-11-4-12-26-44)57-39-45(65-50-30-16-13-27-46(50)47-28-14-17-31-51(47)65)38-56-59(57)61(49)60-54(63(56)43-23-9-3-10-24-43)36-35-53-58(60)48-29-15-18-32-52(48)62(53)42-21-7-2-8-22-42/h1-3,5-11,13-39H,4,12H2. The Morgan fingerprint density at radius 3 is 1.63 bits per heavy atom. The van der Waals surface area contributed by atoms with Crippen molar-refractivity contribution in [1.29, 1.82) is 0 Å². The van der Waals surface area contributed by atoms with E-state index in [-0.39, 0.29) is 6.71 Å². The fourth-order valence-electron chi connectivity index (χ4n) is 11.4. The minimum Gasteiger partial charge on any atom is -0.312 e. The summed E-state index contributed by atoms with van der Waals surface area (Å²) >= 11 is 0. The summed E-state index contributed by atoms with van der Waals surface area (Å²) in [5, 5.41) is 5.05. The van der Waals surface area contributed by atoms with E-state index in [1.54, 1.807) is 0 Å². The van der Waals surface area contributed by atoms with Crippen LogP contribution in [0.2, 0.25) is 0 Å². The van der Waals surface area contributed by atoms with Crippen LogP contribution in [-0.2, 0) is 0 Å². The fourth-order valence-corrected chi connectivity index (χ4v) is 11.4. The molecule has 11 aromatic rings. The number of benzene rings is 9. The van der Waals surface area contributed by atoms with Crippen LogP contribution in [0.3, 0.4) is 0 Å². The number of anilines is 5. The first kappa shape index (κ1) is 36.2. The summed E-state index contributed by atoms with van der Waals surface area (Å²) < 4.78 is 4.96. The van der Waals surface area contributed by atoms with Gasteiger partial charge in [0.15, 0.2) is 0 Å². The van der Waals surface area contributed by atoms with Crippen LogP contribution < -0.4 is 26.2 Å². The molecule has 0 unspecified atom stereocenters. The fraction of sp³-hybridized carbons (Fsp3) is 0.0333. The molecule has 0 amide bonds. The van der Waals surface area contributed by atoms with Gasteiger partial charge in [-0.25, -0.2) is 0 Å². The van der Waals surface area contributed by atoms with E-state index >= 15 is 0 Å². The third-order valence-electron chi connectivity index (χ3n) is 14.1. The molecule has 2 aromatic heterocycles. The lowest BCUT2D eigenvalue weighted by Gasteiger charge is -2.45. The van der Waals surface area contributed by atoms with Crippen LogP contribution in [0.25, 0.3) is 66.1 Å². The highest BCUT2D eigenvalue weighted by atomic mass is 15.2. The van der Waals surface area contributed by atoms with Gasteiger partial charge in [-0.15, -0.1) is 0 Å². The molecule has 0 fully saturated rings. The van der Waals surface area contributed by atoms with Gasteiger partial charge in [-0.3, -0.25) is 0 Å². The molecule has 0 saturated heterocycles. The number of aromatic nitrogens is 2. The van der Waals surface area contributed by atoms with E-state index in [0.29, 0.717) is 0 Å². The van der Waals surface area contributed by atoms with Gasteiger partial charge in [-0.1, -0.05) is 146 Å². The lowest BCUT2D eigenvalue weighted by atomic mass is 9.33. The quantitative estimate of drug-likeness (QED) is 0.161. The summed E-state index contributed by atoms with van der Waals surface area (Å²) in [6.07, 6.45) is 9.16. The normalized spacial score (nSPS) is 14.0. The van der Waals surface area contributed by atoms with Gasteiger partial charge in [0, 0.05) is 61.4 Å². The molecular formula is C60H41BN4. The van der Waals surface area contributed by atoms with E-state index in [0.717, 1.165) is 29.9 Å². The Balaban J connectivity index is 1.17. The van der Waals surface area contributed by atoms with Crippen molar-refractivity contribution in [2.75, 3.05) is 9.80 Å². The molecular weight excluding hydrogens is 787 g/mol. The second kappa shape index (κ2) is 14.1. The topological polar surface area (TPSA) is 16.3 Å². The second-order valence-corrected chi connectivity index (χ2v) is 17.5. The molecule has 9 aromatic carbocycles. The maximum Gasteiger partial charge on any atom is 0.253 e. The molecule has 3 aliphatic rings. The molecule has 0 atom stereocenters. The summed E-state index contributed by atoms with van der Waals surface area (Å²) in [5.41, 5.74) is 20.6. The number of fused-ring (bicyclic) bond motifs is 11. The average Bonchev–Trinajstić information content (AvgIpc) is 3.90. The number of hydrogen-bond acceptors (Lipinski definition) is 2. The third-order valence-corrected chi connectivity index (χ3v) is 14.1. The van der Waals surface area contributed by atoms with E-state index in [2.05, 4.69) is 243 Å². The van der Waals surface area contributed by atoms with Gasteiger partial charge in [0.05, 0.1) is 27.8 Å². The lowest BCUT2D eigenvalue weighted by Crippen LogP contribution is -2.62. The van der Waals surface area contributed by atoms with Crippen LogP contribution in [-0.4, -0.2) is 15.8 Å². The second-order valence-electron chi connectivity index (χ2n) is 17.5. The van der Waals surface area contributed by atoms with Crippen LogP contribution in [0.4, 0.5) is 28.4 Å². The van der Waals surface area contributed by atoms with E-state index < -0.39 is 0 Å². The zero-order valence-electron chi connectivity index (χ0n) is 35.6. The van der Waals surface area contributed by atoms with Crippen LogP contribution in [0.15, 0.2) is 230 Å². The Hall–Kier alpha value is -8.28. The van der Waals surface area contributed by atoms with E-state index in [4.69, 9.17) is 0 Å². The first-order valence-corrected chi connectivity index (χ1v) is 22.8. The molecule has 2 aliphatic heterocycles. The molecule has 304 valence electrons. The van der Waals surface area contributed by atoms with Gasteiger partial charge < -0.3 is 18.9 Å². The Kier molecular flexibility index (Phi) is 7.87. The molecule has 4 heterocycles. The molecule has 65 heavy (non-hydrogen) atoms. The number of allylic oxidation sites excluding steroid dienone is 3. The van der Waals surface area contributed by atoms with Crippen LogP contribution in [0.1, 0.15) is 12.8 Å². The number of para-hydroxylation sites is 5. The molecule has 0 radical (unpaired) electrons. The number of nitrogens with zero attached hydrogens (tertiary/aromatic N) is 4. The smallest absolute Gasteiger partial charge is 0.253 e. The van der Waals surface area contributed by atoms with Crippen molar-refractivity contribution in [3.05, 3.63) is 230 Å². The highest BCUT2D eigenvalue weighted by Crippen LogP contribution is 2.48. The zero-order valence-corrected chi connectivity index (χ0v) is 35.6. The largest absolute Gasteiger partial charge is 0.312 e. The highest BCUT2D eigenvalue weighted by Gasteiger charge is 2.45. The lowest BCUT2D eigenvalue weighted by molar-refractivity contribution is 0.997. The summed E-state index contributed by atoms with van der Waals surface area (Å²) in [5.74, 6) is 0. The van der Waals surface area contributed by atoms with Gasteiger partial charge in [0.25, 0.3) is 6.71 Å². The molecule has 0 N–H and O–H groups in total. The molecule has 14 rings (SSSR count). The van der Waals surface area contributed by atoms with Crippen molar-refractivity contribution in [1.82, 2.24) is 9.13 Å². The minimum atomic E-state index is -0.0786. The summed E-state index contributed by atoms with van der Waals surface area (Å²) in [6.45, 7) is -0.0786. The average molecular weight is 829 g/mol. The predicted molar refractivity (Wildman–Crippen MR) is 275 cm³/mol. The van der Waals surface area contributed by atoms with E-state index in [9.17, 15) is 0 Å². The summed E-state index contributed by atoms with van der Waals surface area (Å²) in [6, 6.07) is 76.5. The van der Waals surface area contributed by atoms with Crippen molar-refractivity contribution in [2.45, 2.75) is 12.8 Å². The predicted octanol–water partition coefficient (Wildman–Crippen LogP) is 13.5. The van der Waals surface area contributed by atoms with Gasteiger partial charge in [-0.05, 0) is 119 Å². The monoisotopic (exact) mass is 828 g/mol. The first-order chi connectivity index (χ1) is 32.3. The highest BCUT2D eigenvalue weighted by molar-refractivity contribution is 7.01. The maximum atomic E-state index is 2.59. The van der Waals surface area contributed by atoms with Crippen molar-refractivity contribution >= 4 is 95.1 Å². The van der Waals surface area contributed by atoms with Crippen molar-refractivity contribution in [2.24, 2.45) is 0 Å². The van der Waals surface area contributed by atoms with Crippen molar-refractivity contribution in [3.63, 3.8) is 0 Å². The van der Waals surface area contributed by atoms with Crippen LogP contribution in [0.5, 0.6) is 0 Å². The van der Waals surface area contributed by atoms with Gasteiger partial charge in [0.2, 0.25) is 0 Å². The Bertz CT molecular complexity index is 3730. The third kappa shape index (κ3) is 5.27. The van der Waals surface area contributed by atoms with Gasteiger partial charge in [0.1, 0.15) is 0 Å². The van der Waals surface area contributed by atoms with Crippen molar-refractivity contribution in [3.8, 4) is 22.5 Å². The zero-order chi connectivity index (χ0) is 42.6. The Morgan fingerprint density at radius 1 is 0.369 bits per heavy atom. The Labute approximate surface area is 377 Å². The molecule has 1 aliphatic carbocycles. The molecule has 0 spiro atoms.